The molecule has 3 rings (SSSR count). The predicted molar refractivity (Wildman–Crippen MR) is 111 cm³/mol. The topological polar surface area (TPSA) is 113 Å². The standard InChI is InChI=1S/C20H18BrFN4O4/c1-11(19(28)24-16-7-6-12(21)10-14(16)22)30-17(27)8-9-23-20(29)18-13-4-2-3-5-15(13)25-26-18/h2-7,10-11H,8-9H2,1H3,(H,23,29)(H,24,28)(H,25,26). The third-order valence-corrected chi connectivity index (χ3v) is 4.66. The molecule has 0 aliphatic rings. The molecule has 1 aromatic heterocycles. The zero-order chi connectivity index (χ0) is 21.7. The first kappa shape index (κ1) is 21.4. The SMILES string of the molecule is CC(OC(=O)CCNC(=O)c1n[nH]c2ccccc12)C(=O)Nc1ccc(Br)cc1F. The Morgan fingerprint density at radius 2 is 2.00 bits per heavy atom. The van der Waals surface area contributed by atoms with Crippen LogP contribution < -0.4 is 10.6 Å². The van der Waals surface area contributed by atoms with Crippen LogP contribution in [0.2, 0.25) is 0 Å². The van der Waals surface area contributed by atoms with Gasteiger partial charge >= 0.3 is 5.97 Å². The highest BCUT2D eigenvalue weighted by molar-refractivity contribution is 9.10. The second-order valence-electron chi connectivity index (χ2n) is 6.37. The quantitative estimate of drug-likeness (QED) is 0.453. The molecule has 0 radical (unpaired) electrons. The van der Waals surface area contributed by atoms with Gasteiger partial charge in [-0.15, -0.1) is 0 Å². The minimum absolute atomic E-state index is 0.00847. The zero-order valence-electron chi connectivity index (χ0n) is 15.9. The number of rotatable bonds is 7. The van der Waals surface area contributed by atoms with Crippen molar-refractivity contribution in [3.63, 3.8) is 0 Å². The summed E-state index contributed by atoms with van der Waals surface area (Å²) in [5.74, 6) is -2.40. The molecule has 0 aliphatic carbocycles. The molecule has 3 N–H and O–H groups in total. The molecule has 0 bridgehead atoms. The summed E-state index contributed by atoms with van der Waals surface area (Å²) in [6, 6.07) is 11.3. The van der Waals surface area contributed by atoms with Gasteiger partial charge in [-0.2, -0.15) is 5.10 Å². The number of aromatic amines is 1. The number of para-hydroxylation sites is 1. The number of hydrogen-bond acceptors (Lipinski definition) is 5. The van der Waals surface area contributed by atoms with Crippen LogP contribution in [0.1, 0.15) is 23.8 Å². The molecule has 2 aromatic carbocycles. The molecule has 0 fully saturated rings. The van der Waals surface area contributed by atoms with Gasteiger partial charge in [-0.25, -0.2) is 4.39 Å². The molecule has 30 heavy (non-hydrogen) atoms. The molecule has 0 saturated heterocycles. The second kappa shape index (κ2) is 9.49. The highest BCUT2D eigenvalue weighted by atomic mass is 79.9. The van der Waals surface area contributed by atoms with Gasteiger partial charge in [0.1, 0.15) is 5.82 Å². The number of H-pyrrole nitrogens is 1. The fourth-order valence-corrected chi connectivity index (χ4v) is 2.97. The highest BCUT2D eigenvalue weighted by Crippen LogP contribution is 2.19. The largest absolute Gasteiger partial charge is 0.452 e. The number of hydrogen-bond donors (Lipinski definition) is 3. The van der Waals surface area contributed by atoms with Crippen molar-refractivity contribution in [1.82, 2.24) is 15.5 Å². The van der Waals surface area contributed by atoms with Crippen molar-refractivity contribution in [3.05, 3.63) is 58.4 Å². The van der Waals surface area contributed by atoms with Crippen molar-refractivity contribution in [2.24, 2.45) is 0 Å². The minimum Gasteiger partial charge on any atom is -0.452 e. The Hall–Kier alpha value is -3.27. The van der Waals surface area contributed by atoms with E-state index >= 15 is 0 Å². The average Bonchev–Trinajstić information content (AvgIpc) is 3.14. The highest BCUT2D eigenvalue weighted by Gasteiger charge is 2.20. The van der Waals surface area contributed by atoms with Gasteiger partial charge in [0.15, 0.2) is 11.8 Å². The number of aromatic nitrogens is 2. The van der Waals surface area contributed by atoms with E-state index in [0.29, 0.717) is 9.86 Å². The first-order valence-electron chi connectivity index (χ1n) is 9.02. The lowest BCUT2D eigenvalue weighted by molar-refractivity contribution is -0.153. The van der Waals surface area contributed by atoms with Crippen molar-refractivity contribution < 1.29 is 23.5 Å². The van der Waals surface area contributed by atoms with Gasteiger partial charge in [0.2, 0.25) is 0 Å². The van der Waals surface area contributed by atoms with E-state index in [2.05, 4.69) is 36.8 Å². The number of nitrogens with one attached hydrogen (secondary N) is 3. The van der Waals surface area contributed by atoms with E-state index in [-0.39, 0.29) is 24.3 Å². The summed E-state index contributed by atoms with van der Waals surface area (Å²) in [5.41, 5.74) is 0.928. The number of fused-ring (bicyclic) bond motifs is 1. The van der Waals surface area contributed by atoms with Gasteiger partial charge in [0.25, 0.3) is 11.8 Å². The van der Waals surface area contributed by atoms with Crippen LogP contribution in [-0.4, -0.2) is 40.6 Å². The first-order valence-corrected chi connectivity index (χ1v) is 9.81. The Balaban J connectivity index is 1.45. The number of anilines is 1. The summed E-state index contributed by atoms with van der Waals surface area (Å²) in [6.07, 6.45) is -1.27. The summed E-state index contributed by atoms with van der Waals surface area (Å²) < 4.78 is 19.4. The van der Waals surface area contributed by atoms with Crippen LogP contribution in [-0.2, 0) is 14.3 Å². The molecule has 1 atom stereocenters. The number of halogens is 2. The molecule has 2 amide bonds. The predicted octanol–water partition coefficient (Wildman–Crippen LogP) is 3.15. The number of nitrogens with zero attached hydrogens (tertiary/aromatic N) is 1. The van der Waals surface area contributed by atoms with E-state index in [1.807, 2.05) is 6.07 Å². The summed E-state index contributed by atoms with van der Waals surface area (Å²) >= 11 is 3.13. The molecule has 8 nitrogen and oxygen atoms in total. The Morgan fingerprint density at radius 3 is 2.77 bits per heavy atom. The first-order chi connectivity index (χ1) is 14.3. The Bertz CT molecular complexity index is 1100. The Labute approximate surface area is 179 Å². The van der Waals surface area contributed by atoms with Gasteiger partial charge < -0.3 is 15.4 Å². The second-order valence-corrected chi connectivity index (χ2v) is 7.28. The maximum absolute atomic E-state index is 13.8. The van der Waals surface area contributed by atoms with Gasteiger partial charge in [-0.3, -0.25) is 19.5 Å². The smallest absolute Gasteiger partial charge is 0.308 e. The van der Waals surface area contributed by atoms with E-state index in [0.717, 1.165) is 5.52 Å². The van der Waals surface area contributed by atoms with Crippen molar-refractivity contribution in [1.29, 1.82) is 0 Å². The molecule has 0 aliphatic heterocycles. The Kier molecular flexibility index (Phi) is 6.78. The van der Waals surface area contributed by atoms with E-state index < -0.39 is 29.7 Å². The molecule has 10 heteroatoms. The van der Waals surface area contributed by atoms with Crippen LogP contribution in [0.3, 0.4) is 0 Å². The van der Waals surface area contributed by atoms with Crippen LogP contribution in [0.5, 0.6) is 0 Å². The maximum Gasteiger partial charge on any atom is 0.308 e. The van der Waals surface area contributed by atoms with Gasteiger partial charge in [0, 0.05) is 16.4 Å². The van der Waals surface area contributed by atoms with Crippen molar-refractivity contribution in [3.8, 4) is 0 Å². The van der Waals surface area contributed by atoms with Gasteiger partial charge in [-0.1, -0.05) is 34.1 Å². The van der Waals surface area contributed by atoms with E-state index in [9.17, 15) is 18.8 Å². The molecule has 1 heterocycles. The summed E-state index contributed by atoms with van der Waals surface area (Å²) in [5, 5.41) is 12.3. The van der Waals surface area contributed by atoms with Crippen LogP contribution in [0.4, 0.5) is 10.1 Å². The van der Waals surface area contributed by atoms with Crippen LogP contribution in [0, 0.1) is 5.82 Å². The minimum atomic E-state index is -1.13. The van der Waals surface area contributed by atoms with E-state index in [1.54, 1.807) is 24.3 Å². The Morgan fingerprint density at radius 1 is 1.23 bits per heavy atom. The summed E-state index contributed by atoms with van der Waals surface area (Å²) in [7, 11) is 0. The lowest BCUT2D eigenvalue weighted by Gasteiger charge is -2.14. The van der Waals surface area contributed by atoms with Gasteiger partial charge in [-0.05, 0) is 31.2 Å². The molecular weight excluding hydrogens is 459 g/mol. The van der Waals surface area contributed by atoms with Crippen LogP contribution >= 0.6 is 15.9 Å². The average molecular weight is 477 g/mol. The van der Waals surface area contributed by atoms with E-state index in [4.69, 9.17) is 4.74 Å². The normalized spacial score (nSPS) is 11.7. The van der Waals surface area contributed by atoms with Gasteiger partial charge in [0.05, 0.1) is 17.6 Å². The fourth-order valence-electron chi connectivity index (χ4n) is 2.63. The van der Waals surface area contributed by atoms with Crippen molar-refractivity contribution >= 4 is 50.3 Å². The third kappa shape index (κ3) is 5.20. The summed E-state index contributed by atoms with van der Waals surface area (Å²) in [6.45, 7) is 1.38. The van der Waals surface area contributed by atoms with Crippen molar-refractivity contribution in [2.45, 2.75) is 19.4 Å². The number of esters is 1. The molecule has 1 unspecified atom stereocenters. The lowest BCUT2D eigenvalue weighted by atomic mass is 10.2. The van der Waals surface area contributed by atoms with Crippen LogP contribution in [0.15, 0.2) is 46.9 Å². The monoisotopic (exact) mass is 476 g/mol. The molecule has 0 saturated carbocycles. The zero-order valence-corrected chi connectivity index (χ0v) is 17.5. The summed E-state index contributed by atoms with van der Waals surface area (Å²) in [4.78, 5) is 36.3. The lowest BCUT2D eigenvalue weighted by Crippen LogP contribution is -2.32. The number of carbonyl (C=O) groups excluding carboxylic acids is 3. The molecule has 3 aromatic rings. The molecular formula is C20H18BrFN4O4. The third-order valence-electron chi connectivity index (χ3n) is 4.17. The number of ether oxygens (including phenoxy) is 1. The molecule has 0 spiro atoms. The molecule has 156 valence electrons. The van der Waals surface area contributed by atoms with Crippen molar-refractivity contribution in [2.75, 3.05) is 11.9 Å². The fraction of sp³-hybridized carbons (Fsp3) is 0.200. The maximum atomic E-state index is 13.8. The number of benzene rings is 2. The number of amides is 2. The number of carbonyl (C=O) groups is 3. The van der Waals surface area contributed by atoms with E-state index in [1.165, 1.54) is 19.1 Å². The van der Waals surface area contributed by atoms with Crippen LogP contribution in [0.25, 0.3) is 10.9 Å².